The van der Waals surface area contributed by atoms with Crippen molar-refractivity contribution in [2.24, 2.45) is 5.92 Å². The third-order valence-electron chi connectivity index (χ3n) is 4.90. The van der Waals surface area contributed by atoms with Gasteiger partial charge in [0.25, 0.3) is 0 Å². The van der Waals surface area contributed by atoms with Crippen LogP contribution in [0.3, 0.4) is 0 Å². The number of urea groups is 1. The molecule has 6 nitrogen and oxygen atoms in total. The molecule has 2 fully saturated rings. The molecular weight excluding hydrogens is 304 g/mol. The van der Waals surface area contributed by atoms with Gasteiger partial charge in [0, 0.05) is 13.1 Å². The zero-order valence-corrected chi connectivity index (χ0v) is 13.6. The summed E-state index contributed by atoms with van der Waals surface area (Å²) in [6.07, 6.45) is 7.49. The molecule has 22 heavy (non-hydrogen) atoms. The second kappa shape index (κ2) is 6.20. The van der Waals surface area contributed by atoms with E-state index in [4.69, 9.17) is 4.74 Å². The molecule has 0 radical (unpaired) electrons. The number of morpholine rings is 1. The van der Waals surface area contributed by atoms with E-state index in [-0.39, 0.29) is 17.5 Å². The number of nitrogens with zero attached hydrogens (tertiary/aromatic N) is 1. The highest BCUT2D eigenvalue weighted by atomic mass is 32.2. The van der Waals surface area contributed by atoms with E-state index in [2.05, 4.69) is 17.5 Å². The summed E-state index contributed by atoms with van der Waals surface area (Å²) in [5, 5.41) is 2.99. The summed E-state index contributed by atoms with van der Waals surface area (Å²) < 4.78 is 29.0. The van der Waals surface area contributed by atoms with Crippen molar-refractivity contribution in [2.75, 3.05) is 37.7 Å². The van der Waals surface area contributed by atoms with E-state index in [0.29, 0.717) is 45.0 Å². The number of carbonyl (C=O) groups is 1. The molecule has 0 aromatic heterocycles. The SMILES string of the molecule is O=C(NC[C@@H]1C=CCC1)N1CCOC2(CCS(=O)(=O)CC2)C1. The Morgan fingerprint density at radius 2 is 2.14 bits per heavy atom. The summed E-state index contributed by atoms with van der Waals surface area (Å²) in [6, 6.07) is -0.0589. The minimum absolute atomic E-state index is 0.0589. The average molecular weight is 328 g/mol. The van der Waals surface area contributed by atoms with E-state index in [1.807, 2.05) is 0 Å². The Labute approximate surface area is 131 Å². The van der Waals surface area contributed by atoms with Crippen molar-refractivity contribution in [3.05, 3.63) is 12.2 Å². The maximum Gasteiger partial charge on any atom is 0.317 e. The van der Waals surface area contributed by atoms with E-state index >= 15 is 0 Å². The van der Waals surface area contributed by atoms with Gasteiger partial charge < -0.3 is 15.0 Å². The Morgan fingerprint density at radius 1 is 1.36 bits per heavy atom. The molecule has 0 bridgehead atoms. The summed E-state index contributed by atoms with van der Waals surface area (Å²) in [5.41, 5.74) is -0.464. The lowest BCUT2D eigenvalue weighted by molar-refractivity contribution is -0.102. The highest BCUT2D eigenvalue weighted by molar-refractivity contribution is 7.91. The minimum Gasteiger partial charge on any atom is -0.371 e. The molecule has 1 aliphatic carbocycles. The van der Waals surface area contributed by atoms with Gasteiger partial charge >= 0.3 is 6.03 Å². The molecule has 3 aliphatic rings. The Bertz CT molecular complexity index is 544. The Morgan fingerprint density at radius 3 is 2.82 bits per heavy atom. The van der Waals surface area contributed by atoms with Crippen LogP contribution >= 0.6 is 0 Å². The van der Waals surface area contributed by atoms with Crippen LogP contribution in [0.15, 0.2) is 12.2 Å². The van der Waals surface area contributed by atoms with Gasteiger partial charge in [0.1, 0.15) is 0 Å². The van der Waals surface area contributed by atoms with Crippen LogP contribution in [-0.4, -0.2) is 62.7 Å². The smallest absolute Gasteiger partial charge is 0.317 e. The molecule has 0 aromatic carbocycles. The Hall–Kier alpha value is -1.08. The maximum absolute atomic E-state index is 12.3. The van der Waals surface area contributed by atoms with Crippen molar-refractivity contribution in [3.63, 3.8) is 0 Å². The van der Waals surface area contributed by atoms with E-state index in [0.717, 1.165) is 12.8 Å². The van der Waals surface area contributed by atoms with Crippen molar-refractivity contribution in [1.29, 1.82) is 0 Å². The van der Waals surface area contributed by atoms with Crippen molar-refractivity contribution < 1.29 is 17.9 Å². The predicted octanol–water partition coefficient (Wildman–Crippen LogP) is 0.942. The van der Waals surface area contributed by atoms with E-state index in [1.165, 1.54) is 0 Å². The van der Waals surface area contributed by atoms with Gasteiger partial charge in [-0.3, -0.25) is 0 Å². The standard InChI is InChI=1S/C15H24N2O4S/c18-14(16-11-13-3-1-2-4-13)17-7-8-21-15(12-17)5-9-22(19,20)10-6-15/h1,3,13H,2,4-12H2,(H,16,18)/t13-/m1/s1. The van der Waals surface area contributed by atoms with Gasteiger partial charge in [-0.2, -0.15) is 0 Å². The molecule has 2 saturated heterocycles. The van der Waals surface area contributed by atoms with Crippen LogP contribution in [0.25, 0.3) is 0 Å². The second-order valence-electron chi connectivity index (χ2n) is 6.56. The molecule has 0 saturated carbocycles. The van der Waals surface area contributed by atoms with Crippen LogP contribution < -0.4 is 5.32 Å². The van der Waals surface area contributed by atoms with Crippen LogP contribution in [0.5, 0.6) is 0 Å². The fraction of sp³-hybridized carbons (Fsp3) is 0.800. The quantitative estimate of drug-likeness (QED) is 0.766. The molecule has 1 N–H and O–H groups in total. The van der Waals surface area contributed by atoms with Gasteiger partial charge in [-0.05, 0) is 31.6 Å². The van der Waals surface area contributed by atoms with Crippen LogP contribution in [0, 0.1) is 5.92 Å². The van der Waals surface area contributed by atoms with E-state index in [9.17, 15) is 13.2 Å². The fourth-order valence-electron chi connectivity index (χ4n) is 3.43. The monoisotopic (exact) mass is 328 g/mol. The first-order chi connectivity index (χ1) is 10.5. The van der Waals surface area contributed by atoms with E-state index in [1.54, 1.807) is 4.90 Å². The lowest BCUT2D eigenvalue weighted by atomic mass is 9.94. The Kier molecular flexibility index (Phi) is 4.45. The van der Waals surface area contributed by atoms with Crippen molar-refractivity contribution in [2.45, 2.75) is 31.3 Å². The second-order valence-corrected chi connectivity index (χ2v) is 8.86. The first kappa shape index (κ1) is 15.8. The van der Waals surface area contributed by atoms with E-state index < -0.39 is 15.4 Å². The first-order valence-electron chi connectivity index (χ1n) is 8.02. The number of hydrogen-bond donors (Lipinski definition) is 1. The molecular formula is C15H24N2O4S. The van der Waals surface area contributed by atoms with Gasteiger partial charge in [-0.1, -0.05) is 12.2 Å². The predicted molar refractivity (Wildman–Crippen MR) is 83.4 cm³/mol. The van der Waals surface area contributed by atoms with Crippen LogP contribution in [0.1, 0.15) is 25.7 Å². The zero-order valence-electron chi connectivity index (χ0n) is 12.8. The lowest BCUT2D eigenvalue weighted by Crippen LogP contribution is -2.58. The molecule has 0 unspecified atom stereocenters. The topological polar surface area (TPSA) is 75.7 Å². The molecule has 0 aromatic rings. The number of amides is 2. The summed E-state index contributed by atoms with van der Waals surface area (Å²) in [4.78, 5) is 14.1. The number of rotatable bonds is 2. The van der Waals surface area contributed by atoms with Crippen LogP contribution in [-0.2, 0) is 14.6 Å². The third kappa shape index (κ3) is 3.63. The highest BCUT2D eigenvalue weighted by Crippen LogP contribution is 2.31. The normalized spacial score (nSPS) is 29.6. The van der Waals surface area contributed by atoms with Crippen molar-refractivity contribution in [1.82, 2.24) is 10.2 Å². The largest absolute Gasteiger partial charge is 0.371 e. The zero-order chi connectivity index (χ0) is 15.6. The lowest BCUT2D eigenvalue weighted by Gasteiger charge is -2.44. The van der Waals surface area contributed by atoms with Gasteiger partial charge in [0.2, 0.25) is 0 Å². The van der Waals surface area contributed by atoms with Crippen LogP contribution in [0.2, 0.25) is 0 Å². The first-order valence-corrected chi connectivity index (χ1v) is 9.84. The maximum atomic E-state index is 12.3. The number of ether oxygens (including phenoxy) is 1. The third-order valence-corrected chi connectivity index (χ3v) is 6.55. The number of hydrogen-bond acceptors (Lipinski definition) is 4. The molecule has 2 aliphatic heterocycles. The average Bonchev–Trinajstić information content (AvgIpc) is 3.02. The molecule has 2 heterocycles. The van der Waals surface area contributed by atoms with Gasteiger partial charge in [-0.25, -0.2) is 13.2 Å². The van der Waals surface area contributed by atoms with Gasteiger partial charge in [0.05, 0.1) is 30.3 Å². The summed E-state index contributed by atoms with van der Waals surface area (Å²) in [7, 11) is -2.92. The summed E-state index contributed by atoms with van der Waals surface area (Å²) in [5.74, 6) is 0.767. The summed E-state index contributed by atoms with van der Waals surface area (Å²) in [6.45, 7) is 2.22. The number of allylic oxidation sites excluding steroid dienone is 1. The highest BCUT2D eigenvalue weighted by Gasteiger charge is 2.42. The molecule has 7 heteroatoms. The molecule has 124 valence electrons. The van der Waals surface area contributed by atoms with Crippen molar-refractivity contribution >= 4 is 15.9 Å². The number of carbonyl (C=O) groups excluding carboxylic acids is 1. The molecule has 1 atom stereocenters. The minimum atomic E-state index is -2.92. The van der Waals surface area contributed by atoms with Gasteiger partial charge in [0.15, 0.2) is 9.84 Å². The molecule has 1 spiro atoms. The van der Waals surface area contributed by atoms with Crippen molar-refractivity contribution in [3.8, 4) is 0 Å². The van der Waals surface area contributed by atoms with Gasteiger partial charge in [-0.15, -0.1) is 0 Å². The fourth-order valence-corrected chi connectivity index (χ4v) is 5.00. The summed E-state index contributed by atoms with van der Waals surface area (Å²) >= 11 is 0. The molecule has 3 rings (SSSR count). The number of sulfone groups is 1. The Balaban J connectivity index is 1.53. The number of nitrogens with one attached hydrogen (secondary N) is 1. The van der Waals surface area contributed by atoms with Crippen LogP contribution in [0.4, 0.5) is 4.79 Å². The molecule has 2 amide bonds.